The maximum absolute atomic E-state index is 12.7. The normalized spacial score (nSPS) is 13.0. The number of benzene rings is 3. The van der Waals surface area contributed by atoms with Crippen LogP contribution in [-0.4, -0.2) is 10.2 Å². The molecule has 0 saturated carbocycles. The van der Waals surface area contributed by atoms with Crippen molar-refractivity contribution in [1.29, 1.82) is 0 Å². The highest BCUT2D eigenvalue weighted by molar-refractivity contribution is 7.81. The van der Waals surface area contributed by atoms with Gasteiger partial charge in [0.05, 0.1) is 5.56 Å². The van der Waals surface area contributed by atoms with Gasteiger partial charge in [0.1, 0.15) is 4.99 Å². The molecule has 0 saturated heterocycles. The van der Waals surface area contributed by atoms with Gasteiger partial charge in [-0.3, -0.25) is 0 Å². The number of hydrogen-bond donors (Lipinski definition) is 2. The third kappa shape index (κ3) is 6.71. The summed E-state index contributed by atoms with van der Waals surface area (Å²) in [7, 11) is 0. The van der Waals surface area contributed by atoms with Crippen LogP contribution in [0.4, 0.5) is 13.2 Å². The first kappa shape index (κ1) is 23.1. The van der Waals surface area contributed by atoms with Crippen molar-refractivity contribution < 1.29 is 13.2 Å². The predicted molar refractivity (Wildman–Crippen MR) is 128 cm³/mol. The molecule has 1 nitrogen and oxygen atoms in total. The van der Waals surface area contributed by atoms with E-state index in [9.17, 15) is 13.2 Å². The largest absolute Gasteiger partial charge is 0.416 e. The first-order chi connectivity index (χ1) is 14.7. The van der Waals surface area contributed by atoms with Crippen LogP contribution in [0.1, 0.15) is 23.6 Å². The van der Waals surface area contributed by atoms with E-state index < -0.39 is 11.7 Å². The highest BCUT2D eigenvalue weighted by Crippen LogP contribution is 2.29. The number of nitrogens with one attached hydrogen (secondary N) is 1. The van der Waals surface area contributed by atoms with Crippen LogP contribution in [0, 0.1) is 0 Å². The van der Waals surface area contributed by atoms with E-state index in [-0.39, 0.29) is 5.25 Å². The van der Waals surface area contributed by atoms with Crippen molar-refractivity contribution in [2.24, 2.45) is 0 Å². The van der Waals surface area contributed by atoms with Crippen LogP contribution in [0.5, 0.6) is 0 Å². The van der Waals surface area contributed by atoms with E-state index in [2.05, 4.69) is 54.3 Å². The molecular weight excluding hydrogens is 435 g/mol. The number of alkyl halides is 3. The fraction of sp³-hybridized carbons (Fsp3) is 0.160. The zero-order chi connectivity index (χ0) is 22.4. The minimum Gasteiger partial charge on any atom is -0.350 e. The molecule has 0 heterocycles. The summed E-state index contributed by atoms with van der Waals surface area (Å²) in [6.45, 7) is 1.86. The van der Waals surface area contributed by atoms with Gasteiger partial charge < -0.3 is 5.32 Å². The lowest BCUT2D eigenvalue weighted by molar-refractivity contribution is -0.137. The summed E-state index contributed by atoms with van der Waals surface area (Å²) in [6.07, 6.45) is -1.67. The minimum absolute atomic E-state index is 0.0366. The molecule has 0 aliphatic rings. The first-order valence-electron chi connectivity index (χ1n) is 9.72. The van der Waals surface area contributed by atoms with Gasteiger partial charge in [-0.2, -0.15) is 25.8 Å². The standard InChI is InChI=1S/C25H22F3NS2/c1-17(29-24(31)21-11-13-22(14-12-21)25(26,27)28)15-23(30)16-18-7-9-20(10-8-18)19-5-3-2-4-6-19/h2-15,23,30H,16H2,1H3,(H,29,31)/b17-15+. The molecule has 0 aliphatic carbocycles. The molecule has 0 spiro atoms. The Bertz CT molecular complexity index is 1040. The van der Waals surface area contributed by atoms with E-state index in [1.807, 2.05) is 31.2 Å². The van der Waals surface area contributed by atoms with Crippen molar-refractivity contribution in [3.8, 4) is 11.1 Å². The molecule has 3 rings (SSSR count). The zero-order valence-corrected chi connectivity index (χ0v) is 18.6. The molecule has 1 N–H and O–H groups in total. The van der Waals surface area contributed by atoms with E-state index in [0.29, 0.717) is 10.6 Å². The average molecular weight is 458 g/mol. The van der Waals surface area contributed by atoms with Crippen LogP contribution < -0.4 is 5.32 Å². The number of rotatable bonds is 6. The van der Waals surface area contributed by atoms with Crippen molar-refractivity contribution in [3.05, 3.63) is 107 Å². The Morgan fingerprint density at radius 2 is 1.52 bits per heavy atom. The Morgan fingerprint density at radius 1 is 0.935 bits per heavy atom. The van der Waals surface area contributed by atoms with Crippen molar-refractivity contribution in [2.75, 3.05) is 0 Å². The van der Waals surface area contributed by atoms with Gasteiger partial charge >= 0.3 is 6.18 Å². The minimum atomic E-state index is -4.36. The van der Waals surface area contributed by atoms with E-state index in [1.54, 1.807) is 0 Å². The molecule has 0 bridgehead atoms. The maximum Gasteiger partial charge on any atom is 0.416 e. The van der Waals surface area contributed by atoms with Crippen LogP contribution >= 0.6 is 24.8 Å². The molecule has 0 radical (unpaired) electrons. The second kappa shape index (κ2) is 10.2. The summed E-state index contributed by atoms with van der Waals surface area (Å²) in [4.78, 5) is 0.371. The fourth-order valence-corrected chi connectivity index (χ4v) is 3.89. The molecule has 1 atom stereocenters. The molecule has 6 heteroatoms. The van der Waals surface area contributed by atoms with Crippen LogP contribution in [0.25, 0.3) is 11.1 Å². The van der Waals surface area contributed by atoms with E-state index in [0.717, 1.165) is 35.4 Å². The van der Waals surface area contributed by atoms with Crippen molar-refractivity contribution in [2.45, 2.75) is 24.8 Å². The Labute approximate surface area is 191 Å². The number of allylic oxidation sites excluding steroid dienone is 1. The molecule has 3 aromatic rings. The molecule has 3 aromatic carbocycles. The number of halogens is 3. The van der Waals surface area contributed by atoms with Gasteiger partial charge in [-0.25, -0.2) is 0 Å². The molecule has 0 fully saturated rings. The van der Waals surface area contributed by atoms with Gasteiger partial charge in [0, 0.05) is 16.5 Å². The number of thiocarbonyl (C=S) groups is 1. The second-order valence-electron chi connectivity index (χ2n) is 7.21. The van der Waals surface area contributed by atoms with E-state index >= 15 is 0 Å². The van der Waals surface area contributed by atoms with Crippen molar-refractivity contribution in [1.82, 2.24) is 5.32 Å². The van der Waals surface area contributed by atoms with Crippen LogP contribution in [0.3, 0.4) is 0 Å². The lowest BCUT2D eigenvalue weighted by Gasteiger charge is -2.13. The first-order valence-corrected chi connectivity index (χ1v) is 10.6. The Kier molecular flexibility index (Phi) is 7.57. The lowest BCUT2D eigenvalue weighted by atomic mass is 10.0. The summed E-state index contributed by atoms with van der Waals surface area (Å²) < 4.78 is 38.1. The molecule has 1 unspecified atom stereocenters. The molecule has 31 heavy (non-hydrogen) atoms. The highest BCUT2D eigenvalue weighted by Gasteiger charge is 2.30. The third-order valence-corrected chi connectivity index (χ3v) is 5.40. The second-order valence-corrected chi connectivity index (χ2v) is 8.28. The van der Waals surface area contributed by atoms with E-state index in [4.69, 9.17) is 12.2 Å². The van der Waals surface area contributed by atoms with Gasteiger partial charge in [-0.05, 0) is 42.2 Å². The Balaban J connectivity index is 1.58. The van der Waals surface area contributed by atoms with Crippen LogP contribution in [-0.2, 0) is 12.6 Å². The SMILES string of the molecule is C/C(=C\C(S)Cc1ccc(-c2ccccc2)cc1)NC(=S)c1ccc(C(F)(F)F)cc1. The highest BCUT2D eigenvalue weighted by atomic mass is 32.1. The van der Waals surface area contributed by atoms with Crippen LogP contribution in [0.15, 0.2) is 90.6 Å². The maximum atomic E-state index is 12.7. The Morgan fingerprint density at radius 3 is 2.10 bits per heavy atom. The molecular formula is C25H22F3NS2. The summed E-state index contributed by atoms with van der Waals surface area (Å²) >= 11 is 9.97. The van der Waals surface area contributed by atoms with Gasteiger partial charge in [-0.1, -0.05) is 85.0 Å². The molecule has 0 aliphatic heterocycles. The predicted octanol–water partition coefficient (Wildman–Crippen LogP) is 7.08. The third-order valence-electron chi connectivity index (χ3n) is 4.73. The number of thiol groups is 1. The van der Waals surface area contributed by atoms with Gasteiger partial charge in [0.2, 0.25) is 0 Å². The summed E-state index contributed by atoms with van der Waals surface area (Å²) in [5.74, 6) is 0. The van der Waals surface area contributed by atoms with Gasteiger partial charge in [0.25, 0.3) is 0 Å². The summed E-state index contributed by atoms with van der Waals surface area (Å²) in [5, 5.41) is 3.03. The number of hydrogen-bond acceptors (Lipinski definition) is 2. The van der Waals surface area contributed by atoms with Gasteiger partial charge in [0.15, 0.2) is 0 Å². The smallest absolute Gasteiger partial charge is 0.350 e. The lowest BCUT2D eigenvalue weighted by Crippen LogP contribution is -2.21. The summed E-state index contributed by atoms with van der Waals surface area (Å²) in [5.41, 5.74) is 4.13. The van der Waals surface area contributed by atoms with Crippen molar-refractivity contribution in [3.63, 3.8) is 0 Å². The fourth-order valence-electron chi connectivity index (χ4n) is 3.16. The van der Waals surface area contributed by atoms with Crippen molar-refractivity contribution >= 4 is 29.8 Å². The summed E-state index contributed by atoms with van der Waals surface area (Å²) in [6, 6.07) is 23.4. The van der Waals surface area contributed by atoms with Crippen LogP contribution in [0.2, 0.25) is 0 Å². The monoisotopic (exact) mass is 457 g/mol. The zero-order valence-electron chi connectivity index (χ0n) is 16.9. The quantitative estimate of drug-likeness (QED) is 0.303. The van der Waals surface area contributed by atoms with E-state index in [1.165, 1.54) is 17.7 Å². The molecule has 160 valence electrons. The molecule has 0 aromatic heterocycles. The Hall–Kier alpha value is -2.57. The average Bonchev–Trinajstić information content (AvgIpc) is 2.74. The topological polar surface area (TPSA) is 12.0 Å². The van der Waals surface area contributed by atoms with Gasteiger partial charge in [-0.15, -0.1) is 0 Å². The molecule has 0 amide bonds.